The van der Waals surface area contributed by atoms with Crippen LogP contribution < -0.4 is 4.90 Å². The second kappa shape index (κ2) is 7.26. The van der Waals surface area contributed by atoms with E-state index in [1.54, 1.807) is 13.0 Å². The van der Waals surface area contributed by atoms with Crippen LogP contribution in [0.25, 0.3) is 0 Å². The van der Waals surface area contributed by atoms with Gasteiger partial charge in [0.05, 0.1) is 7.11 Å². The number of rotatable bonds is 4. The van der Waals surface area contributed by atoms with Gasteiger partial charge in [0.2, 0.25) is 5.03 Å². The summed E-state index contributed by atoms with van der Waals surface area (Å²) in [5.74, 6) is -0.729. The SMILES string of the molecule is COC(=O)c1c(S(=O)(=O)N2CCN(c3cccc(Cl)c3)CC2)n[nH]c1C. The topological polar surface area (TPSA) is 95.6 Å². The van der Waals surface area contributed by atoms with Gasteiger partial charge >= 0.3 is 5.97 Å². The highest BCUT2D eigenvalue weighted by Crippen LogP contribution is 2.25. The Bertz CT molecular complexity index is 920. The van der Waals surface area contributed by atoms with Gasteiger partial charge in [-0.25, -0.2) is 13.2 Å². The lowest BCUT2D eigenvalue weighted by Gasteiger charge is -2.35. The van der Waals surface area contributed by atoms with Crippen molar-refractivity contribution < 1.29 is 17.9 Å². The molecule has 1 aliphatic heterocycles. The van der Waals surface area contributed by atoms with Crippen LogP contribution in [0.2, 0.25) is 5.02 Å². The lowest BCUT2D eigenvalue weighted by Crippen LogP contribution is -2.49. The van der Waals surface area contributed by atoms with Crippen molar-refractivity contribution in [2.45, 2.75) is 11.9 Å². The van der Waals surface area contributed by atoms with E-state index < -0.39 is 16.0 Å². The Morgan fingerprint density at radius 1 is 1.27 bits per heavy atom. The summed E-state index contributed by atoms with van der Waals surface area (Å²) in [6.07, 6.45) is 0. The number of benzene rings is 1. The Labute approximate surface area is 156 Å². The molecule has 1 N–H and O–H groups in total. The standard InChI is InChI=1S/C16H19ClN4O4S/c1-11-14(16(22)25-2)15(19-18-11)26(23,24)21-8-6-20(7-9-21)13-5-3-4-12(17)10-13/h3-5,10H,6-9H2,1-2H3,(H,18,19). The van der Waals surface area contributed by atoms with E-state index in [1.807, 2.05) is 18.2 Å². The number of nitrogens with zero attached hydrogens (tertiary/aromatic N) is 3. The molecule has 0 aliphatic carbocycles. The number of H-pyrrole nitrogens is 1. The van der Waals surface area contributed by atoms with Gasteiger partial charge in [-0.2, -0.15) is 9.40 Å². The number of carbonyl (C=O) groups excluding carboxylic acids is 1. The fourth-order valence-corrected chi connectivity index (χ4v) is 4.65. The lowest BCUT2D eigenvalue weighted by atomic mass is 10.2. The Balaban J connectivity index is 1.80. The molecule has 2 heterocycles. The average molecular weight is 399 g/mol. The lowest BCUT2D eigenvalue weighted by molar-refractivity contribution is 0.0595. The molecule has 0 unspecified atom stereocenters. The molecule has 3 rings (SSSR count). The van der Waals surface area contributed by atoms with Crippen LogP contribution in [0.4, 0.5) is 5.69 Å². The molecule has 0 amide bonds. The minimum absolute atomic E-state index is 0.0511. The van der Waals surface area contributed by atoms with Crippen LogP contribution >= 0.6 is 11.6 Å². The number of ether oxygens (including phenoxy) is 1. The Hall–Kier alpha value is -2.10. The Kier molecular flexibility index (Phi) is 5.22. The number of methoxy groups -OCH3 is 1. The first kappa shape index (κ1) is 18.7. The molecule has 1 aromatic carbocycles. The fraction of sp³-hybridized carbons (Fsp3) is 0.375. The van der Waals surface area contributed by atoms with Gasteiger partial charge in [-0.3, -0.25) is 5.10 Å². The summed E-state index contributed by atoms with van der Waals surface area (Å²) in [6.45, 7) is 3.16. The number of halogens is 1. The van der Waals surface area contributed by atoms with Crippen LogP contribution in [0.1, 0.15) is 16.1 Å². The molecule has 0 atom stereocenters. The van der Waals surface area contributed by atoms with Crippen LogP contribution in [0.15, 0.2) is 29.3 Å². The number of aryl methyl sites for hydroxylation is 1. The number of aromatic nitrogens is 2. The van der Waals surface area contributed by atoms with Gasteiger partial charge in [-0.15, -0.1) is 0 Å². The highest BCUT2D eigenvalue weighted by molar-refractivity contribution is 7.89. The molecule has 0 spiro atoms. The van der Waals surface area contributed by atoms with Crippen LogP contribution in [-0.2, 0) is 14.8 Å². The van der Waals surface area contributed by atoms with E-state index in [2.05, 4.69) is 19.8 Å². The maximum atomic E-state index is 12.9. The smallest absolute Gasteiger partial charge is 0.342 e. The van der Waals surface area contributed by atoms with E-state index in [9.17, 15) is 13.2 Å². The summed E-state index contributed by atoms with van der Waals surface area (Å²) < 4.78 is 31.9. The zero-order chi connectivity index (χ0) is 18.9. The molecular weight excluding hydrogens is 380 g/mol. The average Bonchev–Trinajstić information content (AvgIpc) is 3.03. The molecule has 1 saturated heterocycles. The van der Waals surface area contributed by atoms with Gasteiger partial charge < -0.3 is 9.64 Å². The summed E-state index contributed by atoms with van der Waals surface area (Å²) in [5.41, 5.74) is 1.25. The minimum atomic E-state index is -3.90. The molecule has 26 heavy (non-hydrogen) atoms. The predicted molar refractivity (Wildman–Crippen MR) is 97.1 cm³/mol. The second-order valence-electron chi connectivity index (χ2n) is 5.89. The first-order valence-corrected chi connectivity index (χ1v) is 9.80. The third-order valence-corrected chi connectivity index (χ3v) is 6.36. The number of esters is 1. The third-order valence-electron chi connectivity index (χ3n) is 4.30. The largest absolute Gasteiger partial charge is 0.465 e. The molecule has 1 fully saturated rings. The van der Waals surface area contributed by atoms with Crippen molar-refractivity contribution >= 4 is 33.3 Å². The van der Waals surface area contributed by atoms with Crippen molar-refractivity contribution in [3.05, 3.63) is 40.5 Å². The number of hydrogen-bond donors (Lipinski definition) is 1. The van der Waals surface area contributed by atoms with Gasteiger partial charge in [0.25, 0.3) is 10.0 Å². The zero-order valence-corrected chi connectivity index (χ0v) is 16.0. The van der Waals surface area contributed by atoms with Gasteiger partial charge in [-0.05, 0) is 25.1 Å². The van der Waals surface area contributed by atoms with Crippen LogP contribution in [0.3, 0.4) is 0 Å². The number of nitrogens with one attached hydrogen (secondary N) is 1. The van der Waals surface area contributed by atoms with E-state index >= 15 is 0 Å². The molecule has 0 radical (unpaired) electrons. The normalized spacial score (nSPS) is 15.9. The number of hydrogen-bond acceptors (Lipinski definition) is 6. The van der Waals surface area contributed by atoms with Crippen molar-refractivity contribution in [1.29, 1.82) is 0 Å². The number of piperazine rings is 1. The minimum Gasteiger partial charge on any atom is -0.465 e. The number of aromatic amines is 1. The second-order valence-corrected chi connectivity index (χ2v) is 8.18. The van der Waals surface area contributed by atoms with Gasteiger partial charge in [0.15, 0.2) is 0 Å². The molecule has 0 bridgehead atoms. The molecule has 0 saturated carbocycles. The third kappa shape index (κ3) is 3.42. The maximum Gasteiger partial charge on any atom is 0.342 e. The van der Waals surface area contributed by atoms with Crippen molar-refractivity contribution in [3.8, 4) is 0 Å². The Morgan fingerprint density at radius 3 is 2.58 bits per heavy atom. The summed E-state index contributed by atoms with van der Waals surface area (Å²) >= 11 is 6.02. The maximum absolute atomic E-state index is 12.9. The van der Waals surface area contributed by atoms with Gasteiger partial charge in [-0.1, -0.05) is 17.7 Å². The molecule has 140 valence electrons. The summed E-state index contributed by atoms with van der Waals surface area (Å²) in [7, 11) is -2.70. The highest BCUT2D eigenvalue weighted by Gasteiger charge is 2.35. The van der Waals surface area contributed by atoms with Crippen LogP contribution in [0, 0.1) is 6.92 Å². The highest BCUT2D eigenvalue weighted by atomic mass is 35.5. The van der Waals surface area contributed by atoms with E-state index in [0.29, 0.717) is 23.8 Å². The van der Waals surface area contributed by atoms with E-state index in [-0.39, 0.29) is 23.7 Å². The van der Waals surface area contributed by atoms with E-state index in [0.717, 1.165) is 5.69 Å². The zero-order valence-electron chi connectivity index (χ0n) is 14.4. The molecule has 10 heteroatoms. The van der Waals surface area contributed by atoms with Gasteiger partial charge in [0.1, 0.15) is 5.56 Å². The quantitative estimate of drug-likeness (QED) is 0.787. The van der Waals surface area contributed by atoms with Crippen molar-refractivity contribution in [3.63, 3.8) is 0 Å². The number of sulfonamides is 1. The molecular formula is C16H19ClN4O4S. The molecule has 8 nitrogen and oxygen atoms in total. The summed E-state index contributed by atoms with van der Waals surface area (Å²) in [6, 6.07) is 7.43. The first-order valence-electron chi connectivity index (χ1n) is 7.98. The molecule has 2 aromatic rings. The molecule has 1 aromatic heterocycles. The van der Waals surface area contributed by atoms with Crippen LogP contribution in [-0.4, -0.2) is 62.2 Å². The summed E-state index contributed by atoms with van der Waals surface area (Å²) in [5, 5.41) is 6.73. The summed E-state index contributed by atoms with van der Waals surface area (Å²) in [4.78, 5) is 14.0. The van der Waals surface area contributed by atoms with Crippen molar-refractivity contribution in [2.75, 3.05) is 38.2 Å². The molecule has 1 aliphatic rings. The van der Waals surface area contributed by atoms with Crippen molar-refractivity contribution in [1.82, 2.24) is 14.5 Å². The van der Waals surface area contributed by atoms with E-state index in [4.69, 9.17) is 11.6 Å². The van der Waals surface area contributed by atoms with Gasteiger partial charge in [0, 0.05) is 42.6 Å². The Morgan fingerprint density at radius 2 is 1.96 bits per heavy atom. The predicted octanol–water partition coefficient (Wildman–Crippen LogP) is 1.67. The van der Waals surface area contributed by atoms with Crippen LogP contribution in [0.5, 0.6) is 0 Å². The fourth-order valence-electron chi connectivity index (χ4n) is 2.92. The number of carbonyl (C=O) groups is 1. The number of anilines is 1. The first-order chi connectivity index (χ1) is 12.3. The van der Waals surface area contributed by atoms with E-state index in [1.165, 1.54) is 11.4 Å². The monoisotopic (exact) mass is 398 g/mol. The van der Waals surface area contributed by atoms with Crippen molar-refractivity contribution in [2.24, 2.45) is 0 Å².